The van der Waals surface area contributed by atoms with Crippen LogP contribution in [-0.2, 0) is 6.54 Å². The molecule has 1 aromatic heterocycles. The van der Waals surface area contributed by atoms with Crippen molar-refractivity contribution in [1.82, 2.24) is 9.55 Å². The molecule has 2 N–H and O–H groups in total. The van der Waals surface area contributed by atoms with Gasteiger partial charge in [-0.05, 0) is 25.1 Å². The lowest BCUT2D eigenvalue weighted by atomic mass is 10.2. The summed E-state index contributed by atoms with van der Waals surface area (Å²) in [6.45, 7) is 2.97. The quantitative estimate of drug-likeness (QED) is 0.801. The zero-order valence-electron chi connectivity index (χ0n) is 9.47. The van der Waals surface area contributed by atoms with Crippen molar-refractivity contribution in [3.05, 3.63) is 30.6 Å². The third-order valence-corrected chi connectivity index (χ3v) is 2.54. The summed E-state index contributed by atoms with van der Waals surface area (Å²) in [6.07, 6.45) is 3.75. The van der Waals surface area contributed by atoms with E-state index in [1.165, 1.54) is 0 Å². The van der Waals surface area contributed by atoms with E-state index in [9.17, 15) is 0 Å². The molecule has 0 amide bonds. The molecule has 16 heavy (non-hydrogen) atoms. The monoisotopic (exact) mass is 217 g/mol. The normalized spacial score (nSPS) is 10.4. The highest BCUT2D eigenvalue weighted by atomic mass is 16.5. The second-order valence-electron chi connectivity index (χ2n) is 3.49. The second-order valence-corrected chi connectivity index (χ2v) is 3.49. The highest BCUT2D eigenvalue weighted by Crippen LogP contribution is 2.27. The van der Waals surface area contributed by atoms with Crippen LogP contribution in [0.5, 0.6) is 5.75 Å². The van der Waals surface area contributed by atoms with Gasteiger partial charge in [0, 0.05) is 24.5 Å². The molecule has 0 radical (unpaired) electrons. The minimum atomic E-state index is 0.630. The number of hydrogen-bond acceptors (Lipinski definition) is 3. The third kappa shape index (κ3) is 1.74. The first-order valence-electron chi connectivity index (χ1n) is 5.21. The molecule has 0 saturated carbocycles. The van der Waals surface area contributed by atoms with Crippen LogP contribution in [0.3, 0.4) is 0 Å². The summed E-state index contributed by atoms with van der Waals surface area (Å²) >= 11 is 0. The number of nitrogens with zero attached hydrogens (tertiary/aromatic N) is 2. The van der Waals surface area contributed by atoms with E-state index < -0.39 is 0 Å². The Morgan fingerprint density at radius 3 is 2.88 bits per heavy atom. The van der Waals surface area contributed by atoms with E-state index in [0.717, 1.165) is 17.9 Å². The molecule has 0 bridgehead atoms. The summed E-state index contributed by atoms with van der Waals surface area (Å²) in [6, 6.07) is 5.70. The minimum absolute atomic E-state index is 0.630. The van der Waals surface area contributed by atoms with Crippen LogP contribution in [0.1, 0.15) is 6.92 Å². The Balaban J connectivity index is 2.45. The van der Waals surface area contributed by atoms with Gasteiger partial charge in [0.2, 0.25) is 0 Å². The SMILES string of the molecule is CCn1ccnc1-c1ccc(OC)c(N)c1. The van der Waals surface area contributed by atoms with Gasteiger partial charge in [-0.3, -0.25) is 0 Å². The van der Waals surface area contributed by atoms with Gasteiger partial charge >= 0.3 is 0 Å². The number of anilines is 1. The predicted octanol–water partition coefficient (Wildman–Crippen LogP) is 2.16. The fraction of sp³-hybridized carbons (Fsp3) is 0.250. The molecule has 0 unspecified atom stereocenters. The van der Waals surface area contributed by atoms with E-state index in [2.05, 4.69) is 16.5 Å². The minimum Gasteiger partial charge on any atom is -0.495 e. The standard InChI is InChI=1S/C12H15N3O/c1-3-15-7-6-14-12(15)9-4-5-11(16-2)10(13)8-9/h4-8H,3,13H2,1-2H3. The lowest BCUT2D eigenvalue weighted by molar-refractivity contribution is 0.417. The number of ether oxygens (including phenoxy) is 1. The van der Waals surface area contributed by atoms with Crippen LogP contribution in [-0.4, -0.2) is 16.7 Å². The van der Waals surface area contributed by atoms with Crippen molar-refractivity contribution < 1.29 is 4.74 Å². The van der Waals surface area contributed by atoms with Gasteiger partial charge in [-0.15, -0.1) is 0 Å². The lowest BCUT2D eigenvalue weighted by Gasteiger charge is -2.08. The predicted molar refractivity (Wildman–Crippen MR) is 64.3 cm³/mol. The molecule has 0 spiro atoms. The number of nitrogen functional groups attached to an aromatic ring is 1. The number of benzene rings is 1. The van der Waals surface area contributed by atoms with Crippen LogP contribution >= 0.6 is 0 Å². The lowest BCUT2D eigenvalue weighted by Crippen LogP contribution is -1.98. The van der Waals surface area contributed by atoms with Gasteiger partial charge in [0.05, 0.1) is 12.8 Å². The Labute approximate surface area is 94.7 Å². The first kappa shape index (κ1) is 10.5. The fourth-order valence-corrected chi connectivity index (χ4v) is 1.70. The molecule has 0 aliphatic carbocycles. The van der Waals surface area contributed by atoms with Gasteiger partial charge in [-0.1, -0.05) is 0 Å². The Kier molecular flexibility index (Phi) is 2.81. The molecular formula is C12H15N3O. The number of imidazole rings is 1. The third-order valence-electron chi connectivity index (χ3n) is 2.54. The van der Waals surface area contributed by atoms with Crippen LogP contribution < -0.4 is 10.5 Å². The number of methoxy groups -OCH3 is 1. The Hall–Kier alpha value is -1.97. The van der Waals surface area contributed by atoms with E-state index in [0.29, 0.717) is 11.4 Å². The Bertz CT molecular complexity index is 491. The topological polar surface area (TPSA) is 53.1 Å². The van der Waals surface area contributed by atoms with E-state index in [4.69, 9.17) is 10.5 Å². The first-order valence-corrected chi connectivity index (χ1v) is 5.21. The first-order chi connectivity index (χ1) is 7.76. The Morgan fingerprint density at radius 2 is 2.25 bits per heavy atom. The van der Waals surface area contributed by atoms with Crippen molar-refractivity contribution in [2.75, 3.05) is 12.8 Å². The molecule has 0 saturated heterocycles. The Morgan fingerprint density at radius 1 is 1.44 bits per heavy atom. The van der Waals surface area contributed by atoms with E-state index >= 15 is 0 Å². The van der Waals surface area contributed by atoms with Crippen molar-refractivity contribution in [3.8, 4) is 17.1 Å². The number of aromatic nitrogens is 2. The zero-order valence-corrected chi connectivity index (χ0v) is 9.47. The number of hydrogen-bond donors (Lipinski definition) is 1. The van der Waals surface area contributed by atoms with Gasteiger partial charge in [0.1, 0.15) is 11.6 Å². The zero-order chi connectivity index (χ0) is 11.5. The fourth-order valence-electron chi connectivity index (χ4n) is 1.70. The molecule has 1 heterocycles. The molecule has 2 rings (SSSR count). The maximum atomic E-state index is 5.87. The summed E-state index contributed by atoms with van der Waals surface area (Å²) in [5, 5.41) is 0. The van der Waals surface area contributed by atoms with Crippen LogP contribution in [0.15, 0.2) is 30.6 Å². The molecule has 2 aromatic rings. The number of rotatable bonds is 3. The molecule has 0 atom stereocenters. The molecule has 0 aliphatic heterocycles. The summed E-state index contributed by atoms with van der Waals surface area (Å²) in [4.78, 5) is 4.32. The van der Waals surface area contributed by atoms with Crippen LogP contribution in [0, 0.1) is 0 Å². The van der Waals surface area contributed by atoms with Crippen molar-refractivity contribution in [3.63, 3.8) is 0 Å². The van der Waals surface area contributed by atoms with Crippen molar-refractivity contribution in [1.29, 1.82) is 0 Å². The van der Waals surface area contributed by atoms with Gasteiger partial charge < -0.3 is 15.0 Å². The van der Waals surface area contributed by atoms with E-state index in [-0.39, 0.29) is 0 Å². The average Bonchev–Trinajstić information content (AvgIpc) is 2.77. The van der Waals surface area contributed by atoms with Crippen molar-refractivity contribution in [2.45, 2.75) is 13.5 Å². The summed E-state index contributed by atoms with van der Waals surface area (Å²) in [5.74, 6) is 1.62. The number of aryl methyl sites for hydroxylation is 1. The van der Waals surface area contributed by atoms with Gasteiger partial charge in [-0.2, -0.15) is 0 Å². The van der Waals surface area contributed by atoms with Gasteiger partial charge in [0.25, 0.3) is 0 Å². The molecule has 84 valence electrons. The second kappa shape index (κ2) is 4.26. The van der Waals surface area contributed by atoms with Crippen molar-refractivity contribution in [2.24, 2.45) is 0 Å². The summed E-state index contributed by atoms with van der Waals surface area (Å²) in [7, 11) is 1.61. The van der Waals surface area contributed by atoms with E-state index in [1.54, 1.807) is 13.3 Å². The molecule has 0 aliphatic rings. The molecular weight excluding hydrogens is 202 g/mol. The highest BCUT2D eigenvalue weighted by molar-refractivity contribution is 5.66. The average molecular weight is 217 g/mol. The van der Waals surface area contributed by atoms with Crippen LogP contribution in [0.4, 0.5) is 5.69 Å². The summed E-state index contributed by atoms with van der Waals surface area (Å²) < 4.78 is 7.19. The van der Waals surface area contributed by atoms with Crippen LogP contribution in [0.25, 0.3) is 11.4 Å². The van der Waals surface area contributed by atoms with E-state index in [1.807, 2.05) is 24.4 Å². The van der Waals surface area contributed by atoms with Crippen molar-refractivity contribution >= 4 is 5.69 Å². The van der Waals surface area contributed by atoms with Gasteiger partial charge in [-0.25, -0.2) is 4.98 Å². The summed E-state index contributed by atoms with van der Waals surface area (Å²) in [5.41, 5.74) is 7.50. The maximum Gasteiger partial charge on any atom is 0.141 e. The molecule has 0 fully saturated rings. The molecule has 1 aromatic carbocycles. The molecule has 4 heteroatoms. The van der Waals surface area contributed by atoms with Gasteiger partial charge in [0.15, 0.2) is 0 Å². The maximum absolute atomic E-state index is 5.87. The highest BCUT2D eigenvalue weighted by Gasteiger charge is 2.07. The largest absolute Gasteiger partial charge is 0.495 e. The molecule has 4 nitrogen and oxygen atoms in total. The van der Waals surface area contributed by atoms with Crippen LogP contribution in [0.2, 0.25) is 0 Å². The number of nitrogens with two attached hydrogens (primary N) is 1. The smallest absolute Gasteiger partial charge is 0.141 e.